The largest absolute Gasteiger partial charge is 0.481 e. The molecule has 3 rings (SSSR count). The molecule has 0 bridgehead atoms. The molecular formula is C24H35NO3. The van der Waals surface area contributed by atoms with Gasteiger partial charge in [0, 0.05) is 18.9 Å². The van der Waals surface area contributed by atoms with E-state index < -0.39 is 11.4 Å². The van der Waals surface area contributed by atoms with Gasteiger partial charge in [-0.1, -0.05) is 58.4 Å². The number of nitrogens with one attached hydrogen (secondary N) is 1. The highest BCUT2D eigenvalue weighted by molar-refractivity contribution is 5.83. The summed E-state index contributed by atoms with van der Waals surface area (Å²) in [7, 11) is 0. The van der Waals surface area contributed by atoms with E-state index in [1.165, 1.54) is 11.1 Å². The van der Waals surface area contributed by atoms with Gasteiger partial charge >= 0.3 is 5.97 Å². The Morgan fingerprint density at radius 2 is 2.04 bits per heavy atom. The Bertz CT molecular complexity index is 732. The molecule has 0 aromatic heterocycles. The number of hydrogen-bond donors (Lipinski definition) is 2. The van der Waals surface area contributed by atoms with Gasteiger partial charge in [0.25, 0.3) is 0 Å². The molecule has 2 N–H and O–H groups in total. The summed E-state index contributed by atoms with van der Waals surface area (Å²) in [6.07, 6.45) is 14.0. The smallest absolute Gasteiger partial charge is 0.303 e. The number of carbonyl (C=O) groups is 2. The van der Waals surface area contributed by atoms with Gasteiger partial charge in [0.15, 0.2) is 0 Å². The van der Waals surface area contributed by atoms with Crippen molar-refractivity contribution in [3.05, 3.63) is 35.5 Å². The van der Waals surface area contributed by atoms with E-state index in [4.69, 9.17) is 5.11 Å². The Balaban J connectivity index is 1.80. The summed E-state index contributed by atoms with van der Waals surface area (Å²) in [5.41, 5.74) is 2.51. The zero-order chi connectivity index (χ0) is 20.5. The van der Waals surface area contributed by atoms with Crippen molar-refractivity contribution in [1.82, 2.24) is 5.32 Å². The van der Waals surface area contributed by atoms with E-state index in [0.29, 0.717) is 30.7 Å². The lowest BCUT2D eigenvalue weighted by atomic mass is 9.47. The number of carboxylic acids is 1. The van der Waals surface area contributed by atoms with Crippen LogP contribution in [0.15, 0.2) is 35.5 Å². The van der Waals surface area contributed by atoms with Crippen LogP contribution in [0, 0.1) is 28.6 Å². The van der Waals surface area contributed by atoms with Crippen LogP contribution >= 0.6 is 0 Å². The van der Waals surface area contributed by atoms with Gasteiger partial charge in [-0.3, -0.25) is 9.59 Å². The summed E-state index contributed by atoms with van der Waals surface area (Å²) in [5.74, 6) is 0.503. The van der Waals surface area contributed by atoms with Crippen LogP contribution in [-0.4, -0.2) is 23.5 Å². The van der Waals surface area contributed by atoms with Gasteiger partial charge < -0.3 is 10.4 Å². The van der Waals surface area contributed by atoms with E-state index in [9.17, 15) is 9.59 Å². The fraction of sp³-hybridized carbons (Fsp3) is 0.667. The third-order valence-corrected chi connectivity index (χ3v) is 7.49. The van der Waals surface area contributed by atoms with E-state index >= 15 is 0 Å². The van der Waals surface area contributed by atoms with Crippen molar-refractivity contribution in [3.8, 4) is 0 Å². The highest BCUT2D eigenvalue weighted by atomic mass is 16.4. The highest BCUT2D eigenvalue weighted by Crippen LogP contribution is 2.61. The van der Waals surface area contributed by atoms with Crippen LogP contribution in [-0.2, 0) is 9.59 Å². The van der Waals surface area contributed by atoms with Gasteiger partial charge in [-0.05, 0) is 54.1 Å². The van der Waals surface area contributed by atoms with Crippen molar-refractivity contribution in [1.29, 1.82) is 0 Å². The first kappa shape index (κ1) is 20.9. The summed E-state index contributed by atoms with van der Waals surface area (Å²) >= 11 is 0. The number of allylic oxidation sites excluding steroid dienone is 6. The summed E-state index contributed by atoms with van der Waals surface area (Å²) in [6.45, 7) is 9.41. The van der Waals surface area contributed by atoms with Crippen LogP contribution < -0.4 is 5.32 Å². The number of aliphatic carboxylic acids is 1. The second-order valence-corrected chi connectivity index (χ2v) is 9.66. The molecule has 4 heteroatoms. The molecule has 0 heterocycles. The molecule has 154 valence electrons. The molecule has 4 atom stereocenters. The average molecular weight is 386 g/mol. The molecule has 0 radical (unpaired) electrons. The number of hydrogen-bond acceptors (Lipinski definition) is 2. The lowest BCUT2D eigenvalue weighted by Gasteiger charge is -2.56. The summed E-state index contributed by atoms with van der Waals surface area (Å²) in [5, 5.41) is 11.8. The van der Waals surface area contributed by atoms with Crippen LogP contribution in [0.4, 0.5) is 0 Å². The molecule has 0 unspecified atom stereocenters. The van der Waals surface area contributed by atoms with Gasteiger partial charge in [-0.25, -0.2) is 0 Å². The van der Waals surface area contributed by atoms with Crippen molar-refractivity contribution in [3.63, 3.8) is 0 Å². The molecule has 3 aliphatic carbocycles. The standard InChI is InChI=1S/C24H35NO3/c1-16(2)17-8-10-19-18(15-17)9-11-20-23(19,3)12-6-13-24(20,4)22(28)25-14-5-7-21(26)27/h8-10,15-16,19-20H,5-7,11-14H2,1-4H3,(H,25,28)(H,26,27)/t19-,20+,23-,24+/m0/s1. The van der Waals surface area contributed by atoms with Crippen LogP contribution in [0.25, 0.3) is 0 Å². The van der Waals surface area contributed by atoms with Gasteiger partial charge in [0.1, 0.15) is 0 Å². The Morgan fingerprint density at radius 3 is 2.71 bits per heavy atom. The van der Waals surface area contributed by atoms with Crippen LogP contribution in [0.3, 0.4) is 0 Å². The highest BCUT2D eigenvalue weighted by Gasteiger charge is 2.56. The normalized spacial score (nSPS) is 34.2. The van der Waals surface area contributed by atoms with E-state index in [1.54, 1.807) is 0 Å². The fourth-order valence-corrected chi connectivity index (χ4v) is 5.78. The first-order valence-corrected chi connectivity index (χ1v) is 10.8. The zero-order valence-electron chi connectivity index (χ0n) is 17.8. The Morgan fingerprint density at radius 1 is 1.29 bits per heavy atom. The first-order chi connectivity index (χ1) is 13.2. The molecule has 1 amide bonds. The maximum atomic E-state index is 13.2. The monoisotopic (exact) mass is 385 g/mol. The number of carboxylic acid groups (broad SMARTS) is 1. The quantitative estimate of drug-likeness (QED) is 0.641. The first-order valence-electron chi connectivity index (χ1n) is 10.8. The Labute approximate surface area is 169 Å². The summed E-state index contributed by atoms with van der Waals surface area (Å²) in [6, 6.07) is 0. The molecule has 0 aromatic carbocycles. The molecule has 0 spiro atoms. The molecule has 3 aliphatic rings. The van der Waals surface area contributed by atoms with Crippen LogP contribution in [0.5, 0.6) is 0 Å². The molecule has 1 saturated carbocycles. The van der Waals surface area contributed by atoms with Gasteiger partial charge in [-0.15, -0.1) is 0 Å². The lowest BCUT2D eigenvalue weighted by Crippen LogP contribution is -2.55. The lowest BCUT2D eigenvalue weighted by molar-refractivity contribution is -0.143. The van der Waals surface area contributed by atoms with E-state index in [0.717, 1.165) is 25.7 Å². The fourth-order valence-electron chi connectivity index (χ4n) is 5.78. The minimum atomic E-state index is -0.812. The van der Waals surface area contributed by atoms with Crippen molar-refractivity contribution < 1.29 is 14.7 Å². The SMILES string of the molecule is CC(C)C1=CC2=CC[C@@H]3[C@@](C)(CCC[C@@]3(C)C(=O)NCCCC(=O)O)[C@H]2C=C1. The summed E-state index contributed by atoms with van der Waals surface area (Å²) < 4.78 is 0. The predicted molar refractivity (Wildman–Crippen MR) is 112 cm³/mol. The Hall–Kier alpha value is -1.84. The van der Waals surface area contributed by atoms with E-state index in [-0.39, 0.29) is 17.7 Å². The van der Waals surface area contributed by atoms with Crippen molar-refractivity contribution in [2.24, 2.45) is 28.6 Å². The number of carbonyl (C=O) groups excluding carboxylic acids is 1. The molecule has 28 heavy (non-hydrogen) atoms. The van der Waals surface area contributed by atoms with Crippen molar-refractivity contribution in [2.45, 2.75) is 66.2 Å². The van der Waals surface area contributed by atoms with Crippen LogP contribution in [0.2, 0.25) is 0 Å². The summed E-state index contributed by atoms with van der Waals surface area (Å²) in [4.78, 5) is 23.9. The van der Waals surface area contributed by atoms with E-state index in [2.05, 4.69) is 57.3 Å². The third-order valence-electron chi connectivity index (χ3n) is 7.49. The number of amides is 1. The van der Waals surface area contributed by atoms with Crippen molar-refractivity contribution >= 4 is 11.9 Å². The minimum absolute atomic E-state index is 0.0883. The number of rotatable bonds is 6. The Kier molecular flexibility index (Phi) is 5.88. The maximum Gasteiger partial charge on any atom is 0.303 e. The molecule has 0 aromatic rings. The predicted octanol–water partition coefficient (Wildman–Crippen LogP) is 4.88. The minimum Gasteiger partial charge on any atom is -0.481 e. The van der Waals surface area contributed by atoms with Crippen LogP contribution in [0.1, 0.15) is 66.2 Å². The van der Waals surface area contributed by atoms with Crippen molar-refractivity contribution in [2.75, 3.05) is 6.54 Å². The van der Waals surface area contributed by atoms with Gasteiger partial charge in [0.05, 0.1) is 5.41 Å². The molecule has 1 fully saturated rings. The number of fused-ring (bicyclic) bond motifs is 3. The molecule has 4 nitrogen and oxygen atoms in total. The molecule has 0 aliphatic heterocycles. The average Bonchev–Trinajstić information content (AvgIpc) is 2.64. The second kappa shape index (κ2) is 7.88. The van der Waals surface area contributed by atoms with Gasteiger partial charge in [-0.2, -0.15) is 0 Å². The topological polar surface area (TPSA) is 66.4 Å². The zero-order valence-corrected chi connectivity index (χ0v) is 17.8. The molecule has 0 saturated heterocycles. The maximum absolute atomic E-state index is 13.2. The van der Waals surface area contributed by atoms with Gasteiger partial charge in [0.2, 0.25) is 5.91 Å². The van der Waals surface area contributed by atoms with E-state index in [1.807, 2.05) is 0 Å². The third kappa shape index (κ3) is 3.70. The molecular weight excluding hydrogens is 350 g/mol. The second-order valence-electron chi connectivity index (χ2n) is 9.66.